The molecule has 0 saturated heterocycles. The molecule has 1 amide bonds. The molecule has 0 spiro atoms. The van der Waals surface area contributed by atoms with E-state index in [0.717, 1.165) is 16.5 Å². The third-order valence-electron chi connectivity index (χ3n) is 3.21. The fourth-order valence-corrected chi connectivity index (χ4v) is 2.45. The number of carbonyl (C=O) groups excluding carboxylic acids is 1. The second-order valence-corrected chi connectivity index (χ2v) is 5.09. The second-order valence-electron chi connectivity index (χ2n) is 4.69. The summed E-state index contributed by atoms with van der Waals surface area (Å²) in [4.78, 5) is 15.4. The number of aromatic nitrogens is 1. The van der Waals surface area contributed by atoms with Crippen molar-refractivity contribution in [2.24, 2.45) is 0 Å². The van der Waals surface area contributed by atoms with Crippen molar-refractivity contribution in [2.75, 3.05) is 5.32 Å². The molecule has 3 nitrogen and oxygen atoms in total. The Kier molecular flexibility index (Phi) is 3.20. The fourth-order valence-electron chi connectivity index (χ4n) is 2.17. The van der Waals surface area contributed by atoms with Crippen molar-refractivity contribution in [1.29, 1.82) is 0 Å². The zero-order chi connectivity index (χ0) is 14.1. The molecule has 4 heteroatoms. The van der Waals surface area contributed by atoms with Crippen LogP contribution in [0.25, 0.3) is 10.9 Å². The smallest absolute Gasteiger partial charge is 0.257 e. The van der Waals surface area contributed by atoms with Gasteiger partial charge in [-0.25, -0.2) is 0 Å². The number of rotatable bonds is 2. The first kappa shape index (κ1) is 12.8. The van der Waals surface area contributed by atoms with E-state index in [-0.39, 0.29) is 5.91 Å². The summed E-state index contributed by atoms with van der Waals surface area (Å²) in [7, 11) is 0. The summed E-state index contributed by atoms with van der Waals surface area (Å²) in [6.45, 7) is 1.96. The predicted octanol–water partition coefficient (Wildman–Crippen LogP) is 4.38. The molecule has 3 aromatic rings. The van der Waals surface area contributed by atoms with Crippen LogP contribution in [0.3, 0.4) is 0 Å². The molecular formula is C16H13ClN2O. The Hall–Kier alpha value is -2.26. The van der Waals surface area contributed by atoms with Gasteiger partial charge in [-0.2, -0.15) is 0 Å². The van der Waals surface area contributed by atoms with Crippen molar-refractivity contribution in [3.05, 3.63) is 64.8 Å². The molecule has 1 heterocycles. The molecule has 0 saturated carbocycles. The molecule has 0 aliphatic carbocycles. The van der Waals surface area contributed by atoms with Crippen LogP contribution in [0.5, 0.6) is 0 Å². The Morgan fingerprint density at radius 1 is 1.20 bits per heavy atom. The van der Waals surface area contributed by atoms with E-state index in [1.807, 2.05) is 49.4 Å². The number of benzene rings is 2. The number of hydrogen-bond acceptors (Lipinski definition) is 1. The number of fused-ring (bicyclic) bond motifs is 1. The number of H-pyrrole nitrogens is 1. The summed E-state index contributed by atoms with van der Waals surface area (Å²) in [5.74, 6) is -0.173. The molecule has 20 heavy (non-hydrogen) atoms. The molecule has 0 aliphatic heterocycles. The predicted molar refractivity (Wildman–Crippen MR) is 82.4 cm³/mol. The molecular weight excluding hydrogens is 272 g/mol. The van der Waals surface area contributed by atoms with Crippen molar-refractivity contribution < 1.29 is 4.79 Å². The van der Waals surface area contributed by atoms with Gasteiger partial charge in [-0.05, 0) is 30.7 Å². The van der Waals surface area contributed by atoms with Gasteiger partial charge in [0.05, 0.1) is 16.3 Å². The molecule has 0 unspecified atom stereocenters. The van der Waals surface area contributed by atoms with E-state index in [2.05, 4.69) is 10.3 Å². The lowest BCUT2D eigenvalue weighted by Crippen LogP contribution is -2.11. The van der Waals surface area contributed by atoms with Crippen LogP contribution in [0.15, 0.2) is 48.7 Å². The average molecular weight is 285 g/mol. The summed E-state index contributed by atoms with van der Waals surface area (Å²) < 4.78 is 0. The zero-order valence-electron chi connectivity index (χ0n) is 10.9. The first-order valence-electron chi connectivity index (χ1n) is 6.29. The highest BCUT2D eigenvalue weighted by Crippen LogP contribution is 2.24. The lowest BCUT2D eigenvalue weighted by atomic mass is 10.1. The number of anilines is 1. The quantitative estimate of drug-likeness (QED) is 0.720. The third kappa shape index (κ3) is 2.28. The van der Waals surface area contributed by atoms with Crippen molar-refractivity contribution >= 4 is 34.1 Å². The minimum absolute atomic E-state index is 0.173. The van der Waals surface area contributed by atoms with Gasteiger partial charge in [0, 0.05) is 17.1 Å². The Balaban J connectivity index is 1.93. The third-order valence-corrected chi connectivity index (χ3v) is 3.52. The van der Waals surface area contributed by atoms with E-state index in [4.69, 9.17) is 11.6 Å². The van der Waals surface area contributed by atoms with E-state index in [9.17, 15) is 4.79 Å². The Morgan fingerprint density at radius 2 is 2.00 bits per heavy atom. The van der Waals surface area contributed by atoms with Crippen molar-refractivity contribution in [1.82, 2.24) is 4.98 Å². The summed E-state index contributed by atoms with van der Waals surface area (Å²) in [6, 6.07) is 13.2. The number of para-hydroxylation sites is 1. The molecule has 2 aromatic carbocycles. The summed E-state index contributed by atoms with van der Waals surface area (Å²) in [5.41, 5.74) is 3.22. The summed E-state index contributed by atoms with van der Waals surface area (Å²) in [6.07, 6.45) is 1.71. The van der Waals surface area contributed by atoms with E-state index >= 15 is 0 Å². The number of amides is 1. The number of nitrogens with one attached hydrogen (secondary N) is 2. The maximum absolute atomic E-state index is 12.3. The van der Waals surface area contributed by atoms with Crippen molar-refractivity contribution in [3.63, 3.8) is 0 Å². The average Bonchev–Trinajstić information content (AvgIpc) is 2.86. The van der Waals surface area contributed by atoms with Crippen LogP contribution in [-0.4, -0.2) is 10.9 Å². The molecule has 0 atom stereocenters. The topological polar surface area (TPSA) is 44.9 Å². The molecule has 0 radical (unpaired) electrons. The highest BCUT2D eigenvalue weighted by Gasteiger charge is 2.13. The van der Waals surface area contributed by atoms with Gasteiger partial charge in [-0.15, -0.1) is 0 Å². The monoisotopic (exact) mass is 284 g/mol. The Bertz CT molecular complexity index is 792. The number of halogens is 1. The van der Waals surface area contributed by atoms with Gasteiger partial charge < -0.3 is 10.3 Å². The van der Waals surface area contributed by atoms with Crippen LogP contribution in [0.2, 0.25) is 5.02 Å². The largest absolute Gasteiger partial charge is 0.360 e. The fraction of sp³-hybridized carbons (Fsp3) is 0.0625. The molecule has 3 rings (SSSR count). The van der Waals surface area contributed by atoms with Gasteiger partial charge >= 0.3 is 0 Å². The van der Waals surface area contributed by atoms with Gasteiger partial charge in [0.15, 0.2) is 0 Å². The molecule has 100 valence electrons. The number of hydrogen-bond donors (Lipinski definition) is 2. The minimum Gasteiger partial charge on any atom is -0.360 e. The number of carbonyl (C=O) groups is 1. The van der Waals surface area contributed by atoms with E-state index in [1.54, 1.807) is 6.20 Å². The first-order chi connectivity index (χ1) is 9.65. The molecule has 0 bridgehead atoms. The normalized spacial score (nSPS) is 10.7. The maximum atomic E-state index is 12.3. The van der Waals surface area contributed by atoms with Gasteiger partial charge in [0.25, 0.3) is 5.91 Å². The lowest BCUT2D eigenvalue weighted by Gasteiger charge is -2.07. The van der Waals surface area contributed by atoms with Gasteiger partial charge in [0.1, 0.15) is 0 Å². The van der Waals surface area contributed by atoms with Crippen LogP contribution < -0.4 is 5.32 Å². The van der Waals surface area contributed by atoms with E-state index in [1.165, 1.54) is 0 Å². The number of aromatic amines is 1. The van der Waals surface area contributed by atoms with Crippen LogP contribution in [0, 0.1) is 6.92 Å². The first-order valence-corrected chi connectivity index (χ1v) is 6.66. The summed E-state index contributed by atoms with van der Waals surface area (Å²) in [5, 5.41) is 4.28. The molecule has 0 aliphatic rings. The van der Waals surface area contributed by atoms with Crippen molar-refractivity contribution in [2.45, 2.75) is 6.92 Å². The van der Waals surface area contributed by atoms with Crippen LogP contribution in [0.1, 0.15) is 15.9 Å². The minimum atomic E-state index is -0.173. The molecule has 2 N–H and O–H groups in total. The van der Waals surface area contributed by atoms with Gasteiger partial charge in [0.2, 0.25) is 0 Å². The van der Waals surface area contributed by atoms with E-state index < -0.39 is 0 Å². The van der Waals surface area contributed by atoms with E-state index in [0.29, 0.717) is 16.3 Å². The highest BCUT2D eigenvalue weighted by molar-refractivity contribution is 6.34. The molecule has 1 aromatic heterocycles. The zero-order valence-corrected chi connectivity index (χ0v) is 11.7. The van der Waals surface area contributed by atoms with Crippen LogP contribution >= 0.6 is 11.6 Å². The number of aryl methyl sites for hydroxylation is 1. The SMILES string of the molecule is Cc1ccc(NC(=O)c2c[nH]c3ccccc23)c(Cl)c1. The lowest BCUT2D eigenvalue weighted by molar-refractivity contribution is 0.102. The van der Waals surface area contributed by atoms with Crippen LogP contribution in [0.4, 0.5) is 5.69 Å². The standard InChI is InChI=1S/C16H13ClN2O/c1-10-6-7-15(13(17)8-10)19-16(20)12-9-18-14-5-3-2-4-11(12)14/h2-9,18H,1H3,(H,19,20). The van der Waals surface area contributed by atoms with Crippen LogP contribution in [-0.2, 0) is 0 Å². The maximum Gasteiger partial charge on any atom is 0.257 e. The highest BCUT2D eigenvalue weighted by atomic mass is 35.5. The van der Waals surface area contributed by atoms with Crippen molar-refractivity contribution in [3.8, 4) is 0 Å². The van der Waals surface area contributed by atoms with Gasteiger partial charge in [-0.1, -0.05) is 35.9 Å². The Morgan fingerprint density at radius 3 is 2.80 bits per heavy atom. The Labute approximate surface area is 121 Å². The second kappa shape index (κ2) is 5.02. The summed E-state index contributed by atoms with van der Waals surface area (Å²) >= 11 is 6.13. The molecule has 0 fully saturated rings. The van der Waals surface area contributed by atoms with Gasteiger partial charge in [-0.3, -0.25) is 4.79 Å².